The highest BCUT2D eigenvalue weighted by molar-refractivity contribution is 5.33. The number of rotatable bonds is 9. The molecule has 0 saturated heterocycles. The average Bonchev–Trinajstić information content (AvgIpc) is 3.07. The molecule has 0 aromatic heterocycles. The highest BCUT2D eigenvalue weighted by atomic mass is 15.2. The summed E-state index contributed by atoms with van der Waals surface area (Å²) in [5, 5.41) is 3.83. The summed E-state index contributed by atoms with van der Waals surface area (Å²) in [7, 11) is 0. The molecule has 1 aliphatic carbocycles. The van der Waals surface area contributed by atoms with Crippen LogP contribution in [0.25, 0.3) is 0 Å². The number of unbranched alkanes of at least 4 members (excludes halogenated alkanes) is 1. The van der Waals surface area contributed by atoms with Gasteiger partial charge in [0.25, 0.3) is 0 Å². The first kappa shape index (κ1) is 18.2. The van der Waals surface area contributed by atoms with E-state index >= 15 is 0 Å². The van der Waals surface area contributed by atoms with Crippen LogP contribution in [0.2, 0.25) is 0 Å². The van der Waals surface area contributed by atoms with Crippen molar-refractivity contribution in [1.29, 1.82) is 0 Å². The molecule has 1 N–H and O–H groups in total. The summed E-state index contributed by atoms with van der Waals surface area (Å²) in [5.41, 5.74) is 4.47. The summed E-state index contributed by atoms with van der Waals surface area (Å²) in [6.07, 6.45) is 4.88. The Morgan fingerprint density at radius 2 is 1.64 bits per heavy atom. The number of nitrogens with one attached hydrogen (secondary N) is 1. The quantitative estimate of drug-likeness (QED) is 0.728. The maximum atomic E-state index is 3.83. The average molecular weight is 337 g/mol. The van der Waals surface area contributed by atoms with Gasteiger partial charge in [-0.3, -0.25) is 4.90 Å². The standard InChI is InChI=1S/C23H32N2/c1-3-4-14-25(18-20-10-6-5-7-11-20)19(2)17-24-23-15-21-12-8-9-13-22(21)16-23/h5-13,19,23-24H,3-4,14-18H2,1-2H3. The zero-order valence-electron chi connectivity index (χ0n) is 15.7. The van der Waals surface area contributed by atoms with E-state index in [4.69, 9.17) is 0 Å². The Kier molecular flexibility index (Phi) is 6.66. The molecule has 2 heteroatoms. The van der Waals surface area contributed by atoms with Crippen molar-refractivity contribution in [3.8, 4) is 0 Å². The van der Waals surface area contributed by atoms with Crippen LogP contribution >= 0.6 is 0 Å². The Morgan fingerprint density at radius 3 is 2.28 bits per heavy atom. The van der Waals surface area contributed by atoms with Crippen LogP contribution in [0.3, 0.4) is 0 Å². The van der Waals surface area contributed by atoms with Gasteiger partial charge in [-0.2, -0.15) is 0 Å². The van der Waals surface area contributed by atoms with Crippen molar-refractivity contribution >= 4 is 0 Å². The second-order valence-corrected chi connectivity index (χ2v) is 7.44. The molecule has 3 rings (SSSR count). The maximum Gasteiger partial charge on any atom is 0.0237 e. The summed E-state index contributed by atoms with van der Waals surface area (Å²) < 4.78 is 0. The SMILES string of the molecule is CCCCN(Cc1ccccc1)C(C)CNC1Cc2ccccc2C1. The summed E-state index contributed by atoms with van der Waals surface area (Å²) in [5.74, 6) is 0. The number of hydrogen-bond donors (Lipinski definition) is 1. The van der Waals surface area contributed by atoms with Crippen molar-refractivity contribution in [3.05, 3.63) is 71.3 Å². The Hall–Kier alpha value is -1.64. The normalized spacial score (nSPS) is 15.5. The van der Waals surface area contributed by atoms with Gasteiger partial charge in [0.1, 0.15) is 0 Å². The fourth-order valence-electron chi connectivity index (χ4n) is 3.80. The molecule has 1 aliphatic rings. The second-order valence-electron chi connectivity index (χ2n) is 7.44. The van der Waals surface area contributed by atoms with E-state index in [0.717, 1.165) is 13.1 Å². The van der Waals surface area contributed by atoms with E-state index in [9.17, 15) is 0 Å². The number of hydrogen-bond acceptors (Lipinski definition) is 2. The third-order valence-corrected chi connectivity index (χ3v) is 5.40. The van der Waals surface area contributed by atoms with Crippen LogP contribution in [0.4, 0.5) is 0 Å². The lowest BCUT2D eigenvalue weighted by atomic mass is 10.1. The molecule has 0 spiro atoms. The van der Waals surface area contributed by atoms with Gasteiger partial charge in [-0.05, 0) is 49.4 Å². The topological polar surface area (TPSA) is 15.3 Å². The largest absolute Gasteiger partial charge is 0.312 e. The van der Waals surface area contributed by atoms with Crippen LogP contribution in [0.5, 0.6) is 0 Å². The fourth-order valence-corrected chi connectivity index (χ4v) is 3.80. The van der Waals surface area contributed by atoms with Crippen molar-refractivity contribution in [3.63, 3.8) is 0 Å². The van der Waals surface area contributed by atoms with Crippen molar-refractivity contribution in [2.75, 3.05) is 13.1 Å². The Labute approximate surface area is 153 Å². The van der Waals surface area contributed by atoms with Gasteiger partial charge in [0, 0.05) is 25.2 Å². The lowest BCUT2D eigenvalue weighted by Gasteiger charge is -2.30. The lowest BCUT2D eigenvalue weighted by molar-refractivity contribution is 0.189. The molecule has 0 radical (unpaired) electrons. The first-order chi connectivity index (χ1) is 12.3. The van der Waals surface area contributed by atoms with Crippen LogP contribution in [0.1, 0.15) is 43.4 Å². The predicted octanol–water partition coefficient (Wildman–Crippen LogP) is 4.43. The van der Waals surface area contributed by atoms with Gasteiger partial charge in [0.2, 0.25) is 0 Å². The van der Waals surface area contributed by atoms with Crippen molar-refractivity contribution < 1.29 is 0 Å². The van der Waals surface area contributed by atoms with E-state index < -0.39 is 0 Å². The number of fused-ring (bicyclic) bond motifs is 1. The Balaban J connectivity index is 1.52. The minimum Gasteiger partial charge on any atom is -0.312 e. The van der Waals surface area contributed by atoms with Gasteiger partial charge in [-0.1, -0.05) is 67.9 Å². The minimum atomic E-state index is 0.551. The number of benzene rings is 2. The first-order valence-corrected chi connectivity index (χ1v) is 9.84. The Bertz CT molecular complexity index is 613. The van der Waals surface area contributed by atoms with E-state index in [0.29, 0.717) is 12.1 Å². The Morgan fingerprint density at radius 1 is 1.00 bits per heavy atom. The zero-order chi connectivity index (χ0) is 17.5. The minimum absolute atomic E-state index is 0.551. The molecule has 134 valence electrons. The summed E-state index contributed by atoms with van der Waals surface area (Å²) >= 11 is 0. The molecule has 25 heavy (non-hydrogen) atoms. The molecular weight excluding hydrogens is 304 g/mol. The van der Waals surface area contributed by atoms with Gasteiger partial charge in [0.15, 0.2) is 0 Å². The van der Waals surface area contributed by atoms with Gasteiger partial charge < -0.3 is 5.32 Å². The van der Waals surface area contributed by atoms with E-state index in [1.807, 2.05) is 0 Å². The molecule has 2 aromatic carbocycles. The molecule has 0 saturated carbocycles. The van der Waals surface area contributed by atoms with E-state index in [2.05, 4.69) is 78.7 Å². The smallest absolute Gasteiger partial charge is 0.0237 e. The molecule has 0 heterocycles. The van der Waals surface area contributed by atoms with Gasteiger partial charge in [-0.15, -0.1) is 0 Å². The molecule has 0 fully saturated rings. The maximum absolute atomic E-state index is 3.83. The predicted molar refractivity (Wildman–Crippen MR) is 107 cm³/mol. The van der Waals surface area contributed by atoms with Crippen molar-refractivity contribution in [2.24, 2.45) is 0 Å². The van der Waals surface area contributed by atoms with Gasteiger partial charge in [-0.25, -0.2) is 0 Å². The molecule has 1 atom stereocenters. The zero-order valence-corrected chi connectivity index (χ0v) is 15.7. The number of nitrogens with zero attached hydrogens (tertiary/aromatic N) is 1. The fraction of sp³-hybridized carbons (Fsp3) is 0.478. The molecule has 2 nitrogen and oxygen atoms in total. The first-order valence-electron chi connectivity index (χ1n) is 9.84. The molecule has 0 amide bonds. The van der Waals surface area contributed by atoms with Crippen LogP contribution in [0, 0.1) is 0 Å². The molecular formula is C23H32N2. The van der Waals surface area contributed by atoms with E-state index in [-0.39, 0.29) is 0 Å². The van der Waals surface area contributed by atoms with Crippen LogP contribution in [-0.4, -0.2) is 30.1 Å². The third kappa shape index (κ3) is 5.17. The van der Waals surface area contributed by atoms with Crippen LogP contribution in [0.15, 0.2) is 54.6 Å². The summed E-state index contributed by atoms with van der Waals surface area (Å²) in [6, 6.07) is 20.9. The lowest BCUT2D eigenvalue weighted by Crippen LogP contribution is -2.43. The van der Waals surface area contributed by atoms with Crippen LogP contribution < -0.4 is 5.32 Å². The molecule has 0 bridgehead atoms. The highest BCUT2D eigenvalue weighted by Crippen LogP contribution is 2.21. The van der Waals surface area contributed by atoms with Crippen LogP contribution in [-0.2, 0) is 19.4 Å². The van der Waals surface area contributed by atoms with Gasteiger partial charge in [0.05, 0.1) is 0 Å². The molecule has 0 aliphatic heterocycles. The van der Waals surface area contributed by atoms with Crippen molar-refractivity contribution in [1.82, 2.24) is 10.2 Å². The second kappa shape index (κ2) is 9.17. The van der Waals surface area contributed by atoms with Crippen molar-refractivity contribution in [2.45, 2.75) is 58.2 Å². The van der Waals surface area contributed by atoms with E-state index in [1.54, 1.807) is 0 Å². The third-order valence-electron chi connectivity index (χ3n) is 5.40. The summed E-state index contributed by atoms with van der Waals surface area (Å²) in [4.78, 5) is 2.63. The molecule has 1 unspecified atom stereocenters. The molecule has 2 aromatic rings. The highest BCUT2D eigenvalue weighted by Gasteiger charge is 2.22. The monoisotopic (exact) mass is 336 g/mol. The summed E-state index contributed by atoms with van der Waals surface area (Å²) in [6.45, 7) is 7.94. The van der Waals surface area contributed by atoms with E-state index in [1.165, 1.54) is 48.9 Å². The van der Waals surface area contributed by atoms with Gasteiger partial charge >= 0.3 is 0 Å².